The van der Waals surface area contributed by atoms with E-state index in [1.54, 1.807) is 13.8 Å². The smallest absolute Gasteiger partial charge is 0.213 e. The van der Waals surface area contributed by atoms with Crippen molar-refractivity contribution in [3.05, 3.63) is 0 Å². The van der Waals surface area contributed by atoms with E-state index in [9.17, 15) is 13.5 Å². The summed E-state index contributed by atoms with van der Waals surface area (Å²) in [4.78, 5) is 0. The lowest BCUT2D eigenvalue weighted by atomic mass is 10.1. The molecule has 0 saturated heterocycles. The molecule has 0 bridgehead atoms. The fourth-order valence-electron chi connectivity index (χ4n) is 1.13. The monoisotopic (exact) mass is 223 g/mol. The lowest BCUT2D eigenvalue weighted by Gasteiger charge is -2.24. The van der Waals surface area contributed by atoms with Gasteiger partial charge in [-0.05, 0) is 20.3 Å². The van der Waals surface area contributed by atoms with Crippen molar-refractivity contribution < 1.29 is 13.5 Å². The number of sulfonamides is 1. The van der Waals surface area contributed by atoms with Gasteiger partial charge < -0.3 is 5.11 Å². The van der Waals surface area contributed by atoms with E-state index in [-0.39, 0.29) is 12.3 Å². The zero-order valence-corrected chi connectivity index (χ0v) is 10.3. The van der Waals surface area contributed by atoms with Gasteiger partial charge in [-0.1, -0.05) is 13.3 Å². The van der Waals surface area contributed by atoms with Crippen LogP contribution < -0.4 is 0 Å². The Kier molecular flexibility index (Phi) is 5.05. The maximum absolute atomic E-state index is 11.6. The van der Waals surface area contributed by atoms with Crippen LogP contribution in [0.15, 0.2) is 0 Å². The summed E-state index contributed by atoms with van der Waals surface area (Å²) in [5, 5.41) is 9.47. The Morgan fingerprint density at radius 2 is 1.86 bits per heavy atom. The van der Waals surface area contributed by atoms with E-state index in [2.05, 4.69) is 0 Å². The van der Waals surface area contributed by atoms with Crippen molar-refractivity contribution in [2.75, 3.05) is 19.3 Å². The molecule has 14 heavy (non-hydrogen) atoms. The number of likely N-dealkylation sites (N-methyl/N-ethyl adjacent to an activating group) is 1. The third-order valence-electron chi connectivity index (χ3n) is 1.84. The molecule has 0 heterocycles. The first-order valence-corrected chi connectivity index (χ1v) is 6.46. The Balaban J connectivity index is 4.30. The minimum Gasteiger partial charge on any atom is -0.389 e. The molecule has 0 unspecified atom stereocenters. The van der Waals surface area contributed by atoms with Gasteiger partial charge in [-0.3, -0.25) is 0 Å². The van der Waals surface area contributed by atoms with Crippen LogP contribution in [0.25, 0.3) is 0 Å². The minimum absolute atomic E-state index is 0.138. The van der Waals surface area contributed by atoms with Gasteiger partial charge in [-0.2, -0.15) is 0 Å². The molecule has 0 aliphatic rings. The summed E-state index contributed by atoms with van der Waals surface area (Å²) >= 11 is 0. The van der Waals surface area contributed by atoms with E-state index < -0.39 is 15.6 Å². The summed E-state index contributed by atoms with van der Waals surface area (Å²) in [5.74, 6) is 0.163. The molecule has 0 aliphatic carbocycles. The third-order valence-corrected chi connectivity index (χ3v) is 3.72. The topological polar surface area (TPSA) is 57.6 Å². The summed E-state index contributed by atoms with van der Waals surface area (Å²) in [6.07, 6.45) is 1.52. The first kappa shape index (κ1) is 13.9. The van der Waals surface area contributed by atoms with Crippen molar-refractivity contribution in [1.82, 2.24) is 4.31 Å². The number of rotatable bonds is 6. The summed E-state index contributed by atoms with van der Waals surface area (Å²) in [6.45, 7) is 5.28. The molecule has 86 valence electrons. The first-order chi connectivity index (χ1) is 6.19. The van der Waals surface area contributed by atoms with Gasteiger partial charge in [0, 0.05) is 13.6 Å². The molecule has 0 amide bonds. The number of nitrogens with zero attached hydrogens (tertiary/aromatic N) is 1. The average Bonchev–Trinajstić information content (AvgIpc) is 1.97. The van der Waals surface area contributed by atoms with Gasteiger partial charge in [0.1, 0.15) is 0 Å². The van der Waals surface area contributed by atoms with Gasteiger partial charge in [-0.25, -0.2) is 12.7 Å². The third kappa shape index (κ3) is 5.57. The van der Waals surface area contributed by atoms with Crippen molar-refractivity contribution in [2.45, 2.75) is 39.2 Å². The van der Waals surface area contributed by atoms with Crippen LogP contribution in [0.3, 0.4) is 0 Å². The van der Waals surface area contributed by atoms with E-state index in [4.69, 9.17) is 0 Å². The predicted molar refractivity (Wildman–Crippen MR) is 57.6 cm³/mol. The SMILES string of the molecule is CCCCS(=O)(=O)N(C)CC(C)(C)O. The van der Waals surface area contributed by atoms with Crippen LogP contribution in [0.5, 0.6) is 0 Å². The van der Waals surface area contributed by atoms with Crippen LogP contribution in [0.4, 0.5) is 0 Å². The second-order valence-electron chi connectivity index (χ2n) is 4.24. The zero-order chi connectivity index (χ0) is 11.4. The molecule has 0 atom stereocenters. The van der Waals surface area contributed by atoms with E-state index in [1.807, 2.05) is 6.92 Å². The predicted octanol–water partition coefficient (Wildman–Crippen LogP) is 0.819. The van der Waals surface area contributed by atoms with Crippen LogP contribution in [0.2, 0.25) is 0 Å². The van der Waals surface area contributed by atoms with Gasteiger partial charge in [0.05, 0.1) is 11.4 Å². The number of hydrogen-bond donors (Lipinski definition) is 1. The molecule has 5 heteroatoms. The molecular weight excluding hydrogens is 202 g/mol. The highest BCUT2D eigenvalue weighted by atomic mass is 32.2. The summed E-state index contributed by atoms with van der Waals surface area (Å²) in [6, 6.07) is 0. The molecule has 0 aliphatic heterocycles. The molecular formula is C9H21NO3S. The second-order valence-corrected chi connectivity index (χ2v) is 6.43. The van der Waals surface area contributed by atoms with Crippen LogP contribution in [-0.4, -0.2) is 42.8 Å². The lowest BCUT2D eigenvalue weighted by Crippen LogP contribution is -2.40. The molecule has 4 nitrogen and oxygen atoms in total. The van der Waals surface area contributed by atoms with E-state index >= 15 is 0 Å². The van der Waals surface area contributed by atoms with Crippen molar-refractivity contribution in [2.24, 2.45) is 0 Å². The molecule has 0 radical (unpaired) electrons. The highest BCUT2D eigenvalue weighted by Gasteiger charge is 2.23. The molecule has 0 aromatic carbocycles. The molecule has 0 aromatic heterocycles. The Labute approximate surface area is 87.0 Å². The first-order valence-electron chi connectivity index (χ1n) is 4.85. The number of unbranched alkanes of at least 4 members (excludes halogenated alkanes) is 1. The van der Waals surface area contributed by atoms with Gasteiger partial charge >= 0.3 is 0 Å². The Morgan fingerprint density at radius 3 is 2.21 bits per heavy atom. The second kappa shape index (κ2) is 5.09. The quantitative estimate of drug-likeness (QED) is 0.725. The molecule has 0 fully saturated rings. The largest absolute Gasteiger partial charge is 0.389 e. The summed E-state index contributed by atoms with van der Waals surface area (Å²) < 4.78 is 24.4. The molecule has 0 rings (SSSR count). The Morgan fingerprint density at radius 1 is 1.36 bits per heavy atom. The molecule has 0 spiro atoms. The van der Waals surface area contributed by atoms with Crippen molar-refractivity contribution in [1.29, 1.82) is 0 Å². The van der Waals surface area contributed by atoms with E-state index in [0.29, 0.717) is 6.42 Å². The summed E-state index contributed by atoms with van der Waals surface area (Å²) in [5.41, 5.74) is -0.978. The zero-order valence-electron chi connectivity index (χ0n) is 9.45. The van der Waals surface area contributed by atoms with Crippen LogP contribution in [0, 0.1) is 0 Å². The van der Waals surface area contributed by atoms with Crippen molar-refractivity contribution >= 4 is 10.0 Å². The maximum atomic E-state index is 11.6. The highest BCUT2D eigenvalue weighted by Crippen LogP contribution is 2.08. The molecule has 0 aromatic rings. The molecule has 1 N–H and O–H groups in total. The van der Waals surface area contributed by atoms with Crippen molar-refractivity contribution in [3.8, 4) is 0 Å². The minimum atomic E-state index is -3.18. The van der Waals surface area contributed by atoms with E-state index in [1.165, 1.54) is 11.4 Å². The van der Waals surface area contributed by atoms with Crippen molar-refractivity contribution in [3.63, 3.8) is 0 Å². The standard InChI is InChI=1S/C9H21NO3S/c1-5-6-7-14(12,13)10(4)8-9(2,3)11/h11H,5-8H2,1-4H3. The van der Waals surface area contributed by atoms with Gasteiger partial charge in [-0.15, -0.1) is 0 Å². The van der Waals surface area contributed by atoms with Gasteiger partial charge in [0.2, 0.25) is 10.0 Å². The Bertz CT molecular complexity index is 254. The normalized spacial score (nSPS) is 13.6. The highest BCUT2D eigenvalue weighted by molar-refractivity contribution is 7.89. The lowest BCUT2D eigenvalue weighted by molar-refractivity contribution is 0.0640. The Hall–Kier alpha value is -0.130. The number of hydrogen-bond acceptors (Lipinski definition) is 3. The van der Waals surface area contributed by atoms with Gasteiger partial charge in [0.15, 0.2) is 0 Å². The summed E-state index contributed by atoms with van der Waals surface area (Å²) in [7, 11) is -1.68. The molecule has 0 saturated carbocycles. The van der Waals surface area contributed by atoms with Crippen LogP contribution >= 0.6 is 0 Å². The fraction of sp³-hybridized carbons (Fsp3) is 1.00. The average molecular weight is 223 g/mol. The maximum Gasteiger partial charge on any atom is 0.213 e. The van der Waals surface area contributed by atoms with Crippen LogP contribution in [0.1, 0.15) is 33.6 Å². The van der Waals surface area contributed by atoms with Gasteiger partial charge in [0.25, 0.3) is 0 Å². The number of aliphatic hydroxyl groups is 1. The van der Waals surface area contributed by atoms with Crippen LogP contribution in [-0.2, 0) is 10.0 Å². The fourth-order valence-corrected chi connectivity index (χ4v) is 2.60. The van der Waals surface area contributed by atoms with E-state index in [0.717, 1.165) is 6.42 Å².